The van der Waals surface area contributed by atoms with Crippen LogP contribution in [-0.2, 0) is 11.2 Å². The summed E-state index contributed by atoms with van der Waals surface area (Å²) in [5.74, 6) is -0.127. The highest BCUT2D eigenvalue weighted by Gasteiger charge is 2.15. The Kier molecular flexibility index (Phi) is 4.79. The van der Waals surface area contributed by atoms with Crippen LogP contribution in [-0.4, -0.2) is 16.0 Å². The molecule has 0 atom stereocenters. The van der Waals surface area contributed by atoms with E-state index in [1.54, 1.807) is 11.3 Å². The van der Waals surface area contributed by atoms with Crippen molar-refractivity contribution in [3.8, 4) is 10.6 Å². The number of benzene rings is 3. The maximum atomic E-state index is 12.6. The Hall–Kier alpha value is -3.51. The minimum atomic E-state index is -0.127. The summed E-state index contributed by atoms with van der Waals surface area (Å²) in [4.78, 5) is 17.3. The van der Waals surface area contributed by atoms with E-state index in [2.05, 4.69) is 35.6 Å². The number of aryl methyl sites for hydroxylation is 3. The van der Waals surface area contributed by atoms with Crippen LogP contribution >= 0.6 is 11.3 Å². The second kappa shape index (κ2) is 7.63. The van der Waals surface area contributed by atoms with Crippen LogP contribution in [0.1, 0.15) is 22.4 Å². The molecule has 0 saturated heterocycles. The topological polar surface area (TPSA) is 68.0 Å². The van der Waals surface area contributed by atoms with Gasteiger partial charge < -0.3 is 9.84 Å². The van der Waals surface area contributed by atoms with E-state index in [1.165, 1.54) is 10.3 Å². The third-order valence-corrected chi connectivity index (χ3v) is 6.33. The van der Waals surface area contributed by atoms with Crippen molar-refractivity contribution in [2.45, 2.75) is 27.2 Å². The number of aromatic nitrogens is 2. The van der Waals surface area contributed by atoms with E-state index < -0.39 is 0 Å². The van der Waals surface area contributed by atoms with E-state index in [-0.39, 0.29) is 12.3 Å². The molecule has 0 radical (unpaired) electrons. The van der Waals surface area contributed by atoms with Crippen LogP contribution in [0.2, 0.25) is 0 Å². The summed E-state index contributed by atoms with van der Waals surface area (Å²) in [6.07, 6.45) is 0.162. The quantitative estimate of drug-likeness (QED) is 0.370. The van der Waals surface area contributed by atoms with Crippen molar-refractivity contribution < 1.29 is 9.32 Å². The summed E-state index contributed by atoms with van der Waals surface area (Å²) in [6, 6.07) is 18.1. The molecule has 2 heterocycles. The average Bonchev–Trinajstić information content (AvgIpc) is 3.32. The summed E-state index contributed by atoms with van der Waals surface area (Å²) in [5.41, 5.74) is 7.55. The molecule has 0 unspecified atom stereocenters. The van der Waals surface area contributed by atoms with Crippen LogP contribution in [0.3, 0.4) is 0 Å². The number of hydrogen-bond donors (Lipinski definition) is 1. The van der Waals surface area contributed by atoms with Crippen molar-refractivity contribution in [3.63, 3.8) is 0 Å². The Morgan fingerprint density at radius 1 is 1.00 bits per heavy atom. The number of nitrogens with zero attached hydrogens (tertiary/aromatic N) is 2. The monoisotopic (exact) mass is 427 g/mol. The Labute approximate surface area is 183 Å². The summed E-state index contributed by atoms with van der Waals surface area (Å²) >= 11 is 1.67. The Bertz CT molecular complexity index is 1430. The molecule has 0 fully saturated rings. The van der Waals surface area contributed by atoms with Gasteiger partial charge in [0.2, 0.25) is 5.91 Å². The van der Waals surface area contributed by atoms with Crippen LogP contribution in [0, 0.1) is 20.8 Å². The molecule has 2 aromatic heterocycles. The minimum absolute atomic E-state index is 0.127. The van der Waals surface area contributed by atoms with Crippen molar-refractivity contribution in [2.75, 3.05) is 5.32 Å². The summed E-state index contributed by atoms with van der Waals surface area (Å²) in [5, 5.41) is 8.93. The molecule has 31 heavy (non-hydrogen) atoms. The van der Waals surface area contributed by atoms with E-state index in [4.69, 9.17) is 9.51 Å². The lowest BCUT2D eigenvalue weighted by atomic mass is 10.1. The van der Waals surface area contributed by atoms with E-state index in [9.17, 15) is 4.79 Å². The fraction of sp³-hybridized carbons (Fsp3) is 0.160. The smallest absolute Gasteiger partial charge is 0.230 e. The van der Waals surface area contributed by atoms with Crippen molar-refractivity contribution in [1.29, 1.82) is 0 Å². The molecular formula is C25H21N3O2S. The number of nitrogens with one attached hydrogen (secondary N) is 1. The zero-order valence-electron chi connectivity index (χ0n) is 17.5. The van der Waals surface area contributed by atoms with E-state index in [0.29, 0.717) is 5.69 Å². The first-order chi connectivity index (χ1) is 15.0. The molecule has 1 N–H and O–H groups in total. The van der Waals surface area contributed by atoms with E-state index in [0.717, 1.165) is 43.9 Å². The number of fused-ring (bicyclic) bond motifs is 2. The predicted molar refractivity (Wildman–Crippen MR) is 126 cm³/mol. The zero-order chi connectivity index (χ0) is 21.5. The summed E-state index contributed by atoms with van der Waals surface area (Å²) < 4.78 is 6.63. The van der Waals surface area contributed by atoms with Crippen molar-refractivity contribution in [3.05, 3.63) is 77.0 Å². The SMILES string of the molecule is Cc1ccc2nc(-c3ccc(NC(=O)Cc4noc5c(C)cc(C)cc45)cc3)sc2c1. The molecule has 0 aliphatic heterocycles. The highest BCUT2D eigenvalue weighted by Crippen LogP contribution is 2.31. The third kappa shape index (κ3) is 3.82. The Morgan fingerprint density at radius 3 is 2.61 bits per heavy atom. The van der Waals surface area contributed by atoms with Gasteiger partial charge in [0.05, 0.1) is 16.6 Å². The van der Waals surface area contributed by atoms with Crippen LogP contribution in [0.15, 0.2) is 59.1 Å². The predicted octanol–water partition coefficient (Wildman–Crippen LogP) is 6.21. The van der Waals surface area contributed by atoms with Gasteiger partial charge in [-0.3, -0.25) is 4.79 Å². The van der Waals surface area contributed by atoms with Gasteiger partial charge in [-0.05, 0) is 79.9 Å². The fourth-order valence-electron chi connectivity index (χ4n) is 3.78. The van der Waals surface area contributed by atoms with Gasteiger partial charge in [0.25, 0.3) is 0 Å². The third-order valence-electron chi connectivity index (χ3n) is 5.26. The van der Waals surface area contributed by atoms with Gasteiger partial charge >= 0.3 is 0 Å². The normalized spacial score (nSPS) is 11.3. The second-order valence-corrected chi connectivity index (χ2v) is 8.91. The second-order valence-electron chi connectivity index (χ2n) is 7.88. The summed E-state index contributed by atoms with van der Waals surface area (Å²) in [7, 11) is 0. The molecule has 0 aliphatic rings. The fourth-order valence-corrected chi connectivity index (χ4v) is 4.85. The van der Waals surface area contributed by atoms with Gasteiger partial charge in [-0.25, -0.2) is 4.98 Å². The van der Waals surface area contributed by atoms with Gasteiger partial charge in [0.1, 0.15) is 10.7 Å². The molecule has 5 rings (SSSR count). The van der Waals surface area contributed by atoms with Gasteiger partial charge in [0.15, 0.2) is 5.58 Å². The van der Waals surface area contributed by atoms with Crippen molar-refractivity contribution in [2.24, 2.45) is 0 Å². The Morgan fingerprint density at radius 2 is 1.81 bits per heavy atom. The molecule has 6 heteroatoms. The molecule has 3 aromatic carbocycles. The number of carbonyl (C=O) groups is 1. The first kappa shape index (κ1) is 19.5. The van der Waals surface area contributed by atoms with Crippen molar-refractivity contribution in [1.82, 2.24) is 10.1 Å². The lowest BCUT2D eigenvalue weighted by molar-refractivity contribution is -0.115. The zero-order valence-corrected chi connectivity index (χ0v) is 18.3. The molecular weight excluding hydrogens is 406 g/mol. The number of rotatable bonds is 4. The van der Waals surface area contributed by atoms with E-state index >= 15 is 0 Å². The van der Waals surface area contributed by atoms with Crippen LogP contribution in [0.4, 0.5) is 5.69 Å². The molecule has 5 aromatic rings. The average molecular weight is 428 g/mol. The van der Waals surface area contributed by atoms with E-state index in [1.807, 2.05) is 50.2 Å². The number of carbonyl (C=O) groups excluding carboxylic acids is 1. The van der Waals surface area contributed by atoms with Gasteiger partial charge in [-0.2, -0.15) is 0 Å². The molecule has 0 bridgehead atoms. The highest BCUT2D eigenvalue weighted by atomic mass is 32.1. The van der Waals surface area contributed by atoms with Crippen LogP contribution in [0.25, 0.3) is 31.8 Å². The van der Waals surface area contributed by atoms with Gasteiger partial charge in [-0.1, -0.05) is 17.3 Å². The van der Waals surface area contributed by atoms with Gasteiger partial charge in [-0.15, -0.1) is 11.3 Å². The number of hydrogen-bond acceptors (Lipinski definition) is 5. The maximum absolute atomic E-state index is 12.6. The molecule has 0 aliphatic carbocycles. The number of thiazole rings is 1. The Balaban J connectivity index is 1.32. The number of amides is 1. The van der Waals surface area contributed by atoms with Crippen LogP contribution < -0.4 is 5.32 Å². The minimum Gasteiger partial charge on any atom is -0.356 e. The first-order valence-electron chi connectivity index (χ1n) is 10.1. The lowest BCUT2D eigenvalue weighted by Gasteiger charge is -2.05. The molecule has 1 amide bonds. The molecule has 0 saturated carbocycles. The highest BCUT2D eigenvalue weighted by molar-refractivity contribution is 7.21. The molecule has 0 spiro atoms. The van der Waals surface area contributed by atoms with Gasteiger partial charge in [0, 0.05) is 16.6 Å². The number of anilines is 1. The van der Waals surface area contributed by atoms with Crippen LogP contribution in [0.5, 0.6) is 0 Å². The summed E-state index contributed by atoms with van der Waals surface area (Å²) in [6.45, 7) is 6.09. The largest absolute Gasteiger partial charge is 0.356 e. The molecule has 5 nitrogen and oxygen atoms in total. The molecule has 154 valence electrons. The standard InChI is InChI=1S/C25H21N3O2S/c1-14-4-9-20-22(12-14)31-25(27-20)17-5-7-18(8-6-17)26-23(29)13-21-19-11-15(2)10-16(3)24(19)30-28-21/h4-12H,13H2,1-3H3,(H,26,29). The lowest BCUT2D eigenvalue weighted by Crippen LogP contribution is -2.14. The maximum Gasteiger partial charge on any atom is 0.230 e. The first-order valence-corrected chi connectivity index (χ1v) is 10.9. The van der Waals surface area contributed by atoms with Crippen molar-refractivity contribution >= 4 is 44.1 Å².